The summed E-state index contributed by atoms with van der Waals surface area (Å²) in [5.74, 6) is -0.428. The molecule has 0 aliphatic rings. The third kappa shape index (κ3) is 4.27. The number of nitrogens with zero attached hydrogens (tertiary/aromatic N) is 2. The number of hydrogen-bond acceptors (Lipinski definition) is 5. The minimum Gasteiger partial charge on any atom is -0.354 e. The first-order valence-corrected chi connectivity index (χ1v) is 10.3. The highest BCUT2D eigenvalue weighted by molar-refractivity contribution is 6.08. The molecule has 160 valence electrons. The summed E-state index contributed by atoms with van der Waals surface area (Å²) in [6.45, 7) is 2.40. The van der Waals surface area contributed by atoms with Crippen LogP contribution < -0.4 is 16.0 Å². The van der Waals surface area contributed by atoms with Gasteiger partial charge in [-0.15, -0.1) is 0 Å². The van der Waals surface area contributed by atoms with Crippen LogP contribution in [0.15, 0.2) is 73.1 Å². The maximum absolute atomic E-state index is 12.7. The van der Waals surface area contributed by atoms with Gasteiger partial charge < -0.3 is 16.0 Å². The van der Waals surface area contributed by atoms with E-state index in [-0.39, 0.29) is 11.8 Å². The molecule has 2 aromatic heterocycles. The number of para-hydroxylation sites is 1. The van der Waals surface area contributed by atoms with Crippen molar-refractivity contribution in [3.05, 3.63) is 84.3 Å². The Morgan fingerprint density at radius 2 is 1.66 bits per heavy atom. The first-order valence-electron chi connectivity index (χ1n) is 10.3. The van der Waals surface area contributed by atoms with Crippen LogP contribution in [0.1, 0.15) is 27.8 Å². The van der Waals surface area contributed by atoms with Gasteiger partial charge in [0.15, 0.2) is 0 Å². The molecule has 7 heteroatoms. The van der Waals surface area contributed by atoms with E-state index in [2.05, 4.69) is 25.9 Å². The van der Waals surface area contributed by atoms with Gasteiger partial charge >= 0.3 is 0 Å². The molecule has 0 radical (unpaired) electrons. The number of hydrogen-bond donors (Lipinski definition) is 3. The predicted molar refractivity (Wildman–Crippen MR) is 126 cm³/mol. The Balaban J connectivity index is 1.83. The van der Waals surface area contributed by atoms with E-state index in [0.29, 0.717) is 23.5 Å². The molecule has 7 nitrogen and oxygen atoms in total. The van der Waals surface area contributed by atoms with Gasteiger partial charge in [0, 0.05) is 42.6 Å². The average molecular weight is 425 g/mol. The van der Waals surface area contributed by atoms with E-state index in [1.807, 2.05) is 61.5 Å². The maximum atomic E-state index is 12.7. The van der Waals surface area contributed by atoms with Crippen molar-refractivity contribution in [1.29, 1.82) is 0 Å². The van der Waals surface area contributed by atoms with E-state index in [1.54, 1.807) is 25.5 Å². The lowest BCUT2D eigenvalue weighted by atomic mass is 10.0. The van der Waals surface area contributed by atoms with Gasteiger partial charge in [-0.25, -0.2) is 0 Å². The second-order valence-corrected chi connectivity index (χ2v) is 7.14. The third-order valence-electron chi connectivity index (χ3n) is 5.05. The zero-order chi connectivity index (χ0) is 22.5. The summed E-state index contributed by atoms with van der Waals surface area (Å²) in [5.41, 5.74) is 4.89. The first-order chi connectivity index (χ1) is 15.6. The molecule has 0 bridgehead atoms. The molecule has 2 aromatic carbocycles. The fourth-order valence-electron chi connectivity index (χ4n) is 3.43. The van der Waals surface area contributed by atoms with Gasteiger partial charge in [0.1, 0.15) is 5.69 Å². The van der Waals surface area contributed by atoms with E-state index in [1.165, 1.54) is 0 Å². The largest absolute Gasteiger partial charge is 0.354 e. The van der Waals surface area contributed by atoms with Gasteiger partial charge in [-0.2, -0.15) is 0 Å². The summed E-state index contributed by atoms with van der Waals surface area (Å²) < 4.78 is 0. The van der Waals surface area contributed by atoms with Crippen molar-refractivity contribution in [1.82, 2.24) is 20.6 Å². The Morgan fingerprint density at radius 1 is 0.875 bits per heavy atom. The van der Waals surface area contributed by atoms with Gasteiger partial charge in [-0.3, -0.25) is 19.6 Å². The second kappa shape index (κ2) is 9.26. The first kappa shape index (κ1) is 21.0. The second-order valence-electron chi connectivity index (χ2n) is 7.14. The van der Waals surface area contributed by atoms with Crippen molar-refractivity contribution in [2.45, 2.75) is 6.92 Å². The quantitative estimate of drug-likeness (QED) is 0.431. The van der Waals surface area contributed by atoms with Crippen molar-refractivity contribution < 1.29 is 9.59 Å². The highest BCUT2D eigenvalue weighted by atomic mass is 16.2. The molecule has 32 heavy (non-hydrogen) atoms. The van der Waals surface area contributed by atoms with Crippen LogP contribution in [0.3, 0.4) is 0 Å². The van der Waals surface area contributed by atoms with Crippen molar-refractivity contribution in [3.8, 4) is 11.1 Å². The van der Waals surface area contributed by atoms with Crippen LogP contribution in [-0.4, -0.2) is 35.4 Å². The molecule has 0 saturated heterocycles. The lowest BCUT2D eigenvalue weighted by Crippen LogP contribution is -2.23. The normalized spacial score (nSPS) is 10.6. The molecule has 4 aromatic rings. The van der Waals surface area contributed by atoms with Crippen LogP contribution in [0.2, 0.25) is 0 Å². The molecule has 2 heterocycles. The Morgan fingerprint density at radius 3 is 2.34 bits per heavy atom. The molecule has 0 unspecified atom stereocenters. The van der Waals surface area contributed by atoms with E-state index >= 15 is 0 Å². The summed E-state index contributed by atoms with van der Waals surface area (Å²) in [4.78, 5) is 33.3. The lowest BCUT2D eigenvalue weighted by Gasteiger charge is -2.15. The van der Waals surface area contributed by atoms with Crippen molar-refractivity contribution in [3.63, 3.8) is 0 Å². The number of pyridine rings is 2. The molecule has 0 saturated carbocycles. The molecule has 3 N–H and O–H groups in total. The van der Waals surface area contributed by atoms with Gasteiger partial charge in [0.25, 0.3) is 11.8 Å². The number of amides is 2. The fraction of sp³-hybridized carbons (Fsp3) is 0.120. The highest BCUT2D eigenvalue weighted by Gasteiger charge is 2.16. The fourth-order valence-corrected chi connectivity index (χ4v) is 3.43. The summed E-state index contributed by atoms with van der Waals surface area (Å²) in [5, 5.41) is 9.63. The Hall–Kier alpha value is -4.26. The van der Waals surface area contributed by atoms with E-state index in [9.17, 15) is 9.59 Å². The van der Waals surface area contributed by atoms with Crippen molar-refractivity contribution in [2.24, 2.45) is 0 Å². The zero-order valence-corrected chi connectivity index (χ0v) is 17.8. The van der Waals surface area contributed by atoms with Gasteiger partial charge in [0.2, 0.25) is 0 Å². The molecule has 0 aliphatic heterocycles. The van der Waals surface area contributed by atoms with Crippen molar-refractivity contribution in [2.75, 3.05) is 18.9 Å². The van der Waals surface area contributed by atoms with Crippen LogP contribution in [0.4, 0.5) is 11.4 Å². The minimum absolute atomic E-state index is 0.192. The maximum Gasteiger partial charge on any atom is 0.269 e. The van der Waals surface area contributed by atoms with Gasteiger partial charge in [-0.1, -0.05) is 30.3 Å². The summed E-state index contributed by atoms with van der Waals surface area (Å²) >= 11 is 0. The number of carbonyl (C=O) groups excluding carboxylic acids is 2. The number of benzene rings is 2. The minimum atomic E-state index is -0.236. The number of fused-ring (bicyclic) bond motifs is 1. The van der Waals surface area contributed by atoms with E-state index < -0.39 is 0 Å². The Bertz CT molecular complexity index is 1270. The molecular weight excluding hydrogens is 402 g/mol. The Kier molecular flexibility index (Phi) is 6.07. The summed E-state index contributed by atoms with van der Waals surface area (Å²) in [7, 11) is 1.57. The molecule has 0 aliphatic carbocycles. The standard InChI is InChI=1S/C25H23N5O2/c1-3-27-24(31)20-15-29-21-11-9-16(17-10-12-22(28-14-17)25(32)26-2)13-19(21)23(20)30-18-7-5-4-6-8-18/h4-15H,3H2,1-2H3,(H,26,32)(H,27,31)(H,29,30). The molecule has 4 rings (SSSR count). The Labute approximate surface area is 185 Å². The van der Waals surface area contributed by atoms with Crippen LogP contribution in [0, 0.1) is 0 Å². The SMILES string of the molecule is CCNC(=O)c1cnc2ccc(-c3ccc(C(=O)NC)nc3)cc2c1Nc1ccccc1. The third-order valence-corrected chi connectivity index (χ3v) is 5.05. The van der Waals surface area contributed by atoms with Crippen LogP contribution in [0.25, 0.3) is 22.0 Å². The predicted octanol–water partition coefficient (Wildman–Crippen LogP) is 4.15. The van der Waals surface area contributed by atoms with Crippen LogP contribution in [-0.2, 0) is 0 Å². The van der Waals surface area contributed by atoms with Gasteiger partial charge in [0.05, 0.1) is 16.8 Å². The van der Waals surface area contributed by atoms with Gasteiger partial charge in [-0.05, 0) is 42.8 Å². The highest BCUT2D eigenvalue weighted by Crippen LogP contribution is 2.32. The summed E-state index contributed by atoms with van der Waals surface area (Å²) in [6, 6.07) is 19.1. The monoisotopic (exact) mass is 425 g/mol. The van der Waals surface area contributed by atoms with Crippen LogP contribution in [0.5, 0.6) is 0 Å². The number of anilines is 2. The zero-order valence-electron chi connectivity index (χ0n) is 17.8. The number of nitrogens with one attached hydrogen (secondary N) is 3. The molecule has 0 atom stereocenters. The average Bonchev–Trinajstić information content (AvgIpc) is 2.84. The number of carbonyl (C=O) groups is 2. The number of rotatable bonds is 6. The molecular formula is C25H23N5O2. The number of aromatic nitrogens is 2. The van der Waals surface area contributed by atoms with Crippen molar-refractivity contribution >= 4 is 34.1 Å². The molecule has 0 fully saturated rings. The van der Waals surface area contributed by atoms with Crippen LogP contribution >= 0.6 is 0 Å². The van der Waals surface area contributed by atoms with E-state index in [0.717, 1.165) is 27.7 Å². The lowest BCUT2D eigenvalue weighted by molar-refractivity contribution is 0.0949. The molecule has 0 spiro atoms. The molecule has 2 amide bonds. The smallest absolute Gasteiger partial charge is 0.269 e. The topological polar surface area (TPSA) is 96.0 Å². The summed E-state index contributed by atoms with van der Waals surface area (Å²) in [6.07, 6.45) is 3.26. The van der Waals surface area contributed by atoms with E-state index in [4.69, 9.17) is 0 Å².